The number of hydrogen-bond acceptors (Lipinski definition) is 5. The summed E-state index contributed by atoms with van der Waals surface area (Å²) in [4.78, 5) is 6.61. The van der Waals surface area contributed by atoms with Crippen LogP contribution >= 0.6 is 0 Å². The molecule has 0 spiro atoms. The first-order valence-electron chi connectivity index (χ1n) is 10.3. The molecule has 6 nitrogen and oxygen atoms in total. The molecule has 1 aromatic carbocycles. The van der Waals surface area contributed by atoms with Gasteiger partial charge in [0.05, 0.1) is 0 Å². The van der Waals surface area contributed by atoms with Gasteiger partial charge in [-0.2, -0.15) is 4.39 Å². The van der Waals surface area contributed by atoms with Gasteiger partial charge < -0.3 is 9.80 Å². The highest BCUT2D eigenvalue weighted by Crippen LogP contribution is 2.34. The largest absolute Gasteiger partial charge is 0.371 e. The van der Waals surface area contributed by atoms with E-state index in [1.54, 1.807) is 0 Å². The van der Waals surface area contributed by atoms with Crippen LogP contribution in [0.3, 0.4) is 0 Å². The lowest BCUT2D eigenvalue weighted by molar-refractivity contribution is 0.0874. The van der Waals surface area contributed by atoms with E-state index in [4.69, 9.17) is 0 Å². The number of aromatic nitrogens is 1. The third kappa shape index (κ3) is 4.36. The molecule has 0 saturated carbocycles. The van der Waals surface area contributed by atoms with Gasteiger partial charge in [-0.25, -0.2) is 22.2 Å². The van der Waals surface area contributed by atoms with Crippen LogP contribution in [-0.4, -0.2) is 50.5 Å². The van der Waals surface area contributed by atoms with Crippen LogP contribution in [0.25, 0.3) is 0 Å². The minimum absolute atomic E-state index is 0.0620. The van der Waals surface area contributed by atoms with E-state index in [9.17, 15) is 17.2 Å². The summed E-state index contributed by atoms with van der Waals surface area (Å²) in [6.07, 6.45) is 2.11. The van der Waals surface area contributed by atoms with Crippen molar-refractivity contribution in [3.05, 3.63) is 47.4 Å². The summed E-state index contributed by atoms with van der Waals surface area (Å²) in [5, 5.41) is 0. The number of pyridine rings is 1. The third-order valence-electron chi connectivity index (χ3n) is 6.19. The predicted molar refractivity (Wildman–Crippen MR) is 112 cm³/mol. The number of hydrogen-bond donors (Lipinski definition) is 1. The Balaban J connectivity index is 1.56. The SMILES string of the molecule is Cc1c(N2CCC(CN3CC[C@H]3C)C2)cc(F)c(S(=O)(=O)Nc2cccc(F)n2)c1F. The molecule has 2 saturated heterocycles. The van der Waals surface area contributed by atoms with Gasteiger partial charge in [-0.3, -0.25) is 4.72 Å². The molecule has 2 atom stereocenters. The summed E-state index contributed by atoms with van der Waals surface area (Å²) in [6, 6.07) is 5.12. The van der Waals surface area contributed by atoms with E-state index in [1.807, 2.05) is 9.62 Å². The summed E-state index contributed by atoms with van der Waals surface area (Å²) < 4.78 is 70.4. The topological polar surface area (TPSA) is 65.5 Å². The summed E-state index contributed by atoms with van der Waals surface area (Å²) in [5.41, 5.74) is 0.420. The molecule has 1 unspecified atom stereocenters. The molecular weight excluding hydrogens is 429 g/mol. The molecule has 1 aromatic heterocycles. The molecule has 4 rings (SSSR count). The Bertz CT molecular complexity index is 1100. The van der Waals surface area contributed by atoms with Crippen LogP contribution < -0.4 is 9.62 Å². The number of anilines is 2. The second-order valence-corrected chi connectivity index (χ2v) is 9.95. The van der Waals surface area contributed by atoms with Crippen molar-refractivity contribution in [2.24, 2.45) is 5.92 Å². The highest BCUT2D eigenvalue weighted by molar-refractivity contribution is 7.92. The fourth-order valence-corrected chi connectivity index (χ4v) is 5.48. The molecule has 1 N–H and O–H groups in total. The van der Waals surface area contributed by atoms with Crippen molar-refractivity contribution in [3.63, 3.8) is 0 Å². The van der Waals surface area contributed by atoms with Gasteiger partial charge in [0, 0.05) is 36.9 Å². The van der Waals surface area contributed by atoms with Crippen LogP contribution in [-0.2, 0) is 10.0 Å². The summed E-state index contributed by atoms with van der Waals surface area (Å²) in [5.74, 6) is -3.22. The van der Waals surface area contributed by atoms with Crippen molar-refractivity contribution in [2.75, 3.05) is 35.8 Å². The van der Waals surface area contributed by atoms with Gasteiger partial charge in [0.1, 0.15) is 11.6 Å². The molecular formula is C21H25F3N4O2S. The fraction of sp³-hybridized carbons (Fsp3) is 0.476. The molecule has 3 heterocycles. The first kappa shape index (κ1) is 21.9. The van der Waals surface area contributed by atoms with E-state index in [1.165, 1.54) is 25.5 Å². The standard InChI is InChI=1S/C21H25F3N4O2S/c1-13-6-8-27(13)11-15-7-9-28(12-15)17-10-16(22)21(20(24)14(17)2)31(29,30)26-19-5-3-4-18(23)25-19/h3-5,10,13,15H,6-9,11-12H2,1-2H3,(H,25,26)/t13-,15?/m1/s1. The van der Waals surface area contributed by atoms with E-state index in [0.29, 0.717) is 30.7 Å². The van der Waals surface area contributed by atoms with Crippen molar-refractivity contribution >= 4 is 21.5 Å². The van der Waals surface area contributed by atoms with Crippen molar-refractivity contribution in [1.29, 1.82) is 0 Å². The third-order valence-corrected chi connectivity index (χ3v) is 7.58. The van der Waals surface area contributed by atoms with Gasteiger partial charge >= 0.3 is 0 Å². The Labute approximate surface area is 180 Å². The molecule has 2 aliphatic heterocycles. The van der Waals surface area contributed by atoms with Crippen LogP contribution in [0.1, 0.15) is 25.3 Å². The highest BCUT2D eigenvalue weighted by Gasteiger charge is 2.33. The van der Waals surface area contributed by atoms with Crippen molar-refractivity contribution in [1.82, 2.24) is 9.88 Å². The normalized spacial score (nSPS) is 21.9. The second-order valence-electron chi connectivity index (χ2n) is 8.33. The van der Waals surface area contributed by atoms with Gasteiger partial charge in [-0.05, 0) is 57.4 Å². The number of nitrogens with one attached hydrogen (secondary N) is 1. The van der Waals surface area contributed by atoms with E-state index in [0.717, 1.165) is 31.6 Å². The lowest BCUT2D eigenvalue weighted by atomic mass is 10.0. The number of nitrogens with zero attached hydrogens (tertiary/aromatic N) is 3. The summed E-state index contributed by atoms with van der Waals surface area (Å²) in [7, 11) is -4.64. The zero-order valence-electron chi connectivity index (χ0n) is 17.4. The average Bonchev–Trinajstić information content (AvgIpc) is 3.16. The molecule has 10 heteroatoms. The maximum Gasteiger partial charge on any atom is 0.268 e. The van der Waals surface area contributed by atoms with Crippen molar-refractivity contribution in [3.8, 4) is 0 Å². The zero-order chi connectivity index (χ0) is 22.3. The molecule has 0 amide bonds. The van der Waals surface area contributed by atoms with Crippen LogP contribution in [0, 0.1) is 30.4 Å². The van der Waals surface area contributed by atoms with Crippen LogP contribution in [0.2, 0.25) is 0 Å². The Morgan fingerprint density at radius 1 is 1.19 bits per heavy atom. The van der Waals surface area contributed by atoms with Crippen molar-refractivity contribution < 1.29 is 21.6 Å². The zero-order valence-corrected chi connectivity index (χ0v) is 18.2. The van der Waals surface area contributed by atoms with Gasteiger partial charge in [0.25, 0.3) is 10.0 Å². The van der Waals surface area contributed by atoms with Crippen molar-refractivity contribution in [2.45, 2.75) is 37.6 Å². The lowest BCUT2D eigenvalue weighted by Gasteiger charge is -2.40. The van der Waals surface area contributed by atoms with E-state index in [2.05, 4.69) is 16.8 Å². The Morgan fingerprint density at radius 3 is 2.61 bits per heavy atom. The molecule has 2 aliphatic rings. The Kier molecular flexibility index (Phi) is 5.87. The molecule has 2 fully saturated rings. The van der Waals surface area contributed by atoms with Crippen LogP contribution in [0.5, 0.6) is 0 Å². The fourth-order valence-electron chi connectivity index (χ4n) is 4.28. The highest BCUT2D eigenvalue weighted by atomic mass is 32.2. The molecule has 31 heavy (non-hydrogen) atoms. The predicted octanol–water partition coefficient (Wildman–Crippen LogP) is 3.53. The maximum atomic E-state index is 15.1. The van der Waals surface area contributed by atoms with E-state index < -0.39 is 32.5 Å². The van der Waals surface area contributed by atoms with Crippen LogP contribution in [0.15, 0.2) is 29.2 Å². The van der Waals surface area contributed by atoms with E-state index in [-0.39, 0.29) is 11.4 Å². The van der Waals surface area contributed by atoms with Gasteiger partial charge in [-0.15, -0.1) is 0 Å². The quantitative estimate of drug-likeness (QED) is 0.677. The van der Waals surface area contributed by atoms with Gasteiger partial charge in [0.2, 0.25) is 5.95 Å². The number of sulfonamides is 1. The molecule has 0 radical (unpaired) electrons. The summed E-state index contributed by atoms with van der Waals surface area (Å²) >= 11 is 0. The smallest absolute Gasteiger partial charge is 0.268 e. The average molecular weight is 455 g/mol. The first-order chi connectivity index (χ1) is 14.7. The lowest BCUT2D eigenvalue weighted by Crippen LogP contribution is -2.48. The second kappa shape index (κ2) is 8.31. The molecule has 2 aromatic rings. The number of halogens is 3. The number of rotatable bonds is 6. The minimum atomic E-state index is -4.64. The molecule has 0 bridgehead atoms. The van der Waals surface area contributed by atoms with Gasteiger partial charge in [0.15, 0.2) is 10.7 Å². The first-order valence-corrected chi connectivity index (χ1v) is 11.8. The number of likely N-dealkylation sites (tertiary alicyclic amines) is 1. The number of benzene rings is 1. The monoisotopic (exact) mass is 454 g/mol. The van der Waals surface area contributed by atoms with E-state index >= 15 is 4.39 Å². The molecule has 0 aliphatic carbocycles. The summed E-state index contributed by atoms with van der Waals surface area (Å²) in [6.45, 7) is 7.00. The van der Waals surface area contributed by atoms with Crippen LogP contribution in [0.4, 0.5) is 24.7 Å². The minimum Gasteiger partial charge on any atom is -0.371 e. The Hall–Kier alpha value is -2.33. The molecule has 168 valence electrons. The Morgan fingerprint density at radius 2 is 1.97 bits per heavy atom. The van der Waals surface area contributed by atoms with Gasteiger partial charge in [-0.1, -0.05) is 6.07 Å². The maximum absolute atomic E-state index is 15.1.